The molecule has 2 unspecified atom stereocenters. The summed E-state index contributed by atoms with van der Waals surface area (Å²) in [6.07, 6.45) is 5.41. The van der Waals surface area contributed by atoms with Crippen molar-refractivity contribution in [1.29, 1.82) is 0 Å². The lowest BCUT2D eigenvalue weighted by Crippen LogP contribution is -2.44. The predicted octanol–water partition coefficient (Wildman–Crippen LogP) is 4.24. The first kappa shape index (κ1) is 17.9. The molecular formula is C16H35NO. The van der Waals surface area contributed by atoms with Crippen molar-refractivity contribution in [2.75, 3.05) is 13.2 Å². The topological polar surface area (TPSA) is 21.3 Å². The SMILES string of the molecule is CCCNC(CCCC(C)C)C(OCC)C(C)C. The average Bonchev–Trinajstić information content (AvgIpc) is 2.30. The second-order valence-corrected chi connectivity index (χ2v) is 6.05. The highest BCUT2D eigenvalue weighted by Crippen LogP contribution is 2.18. The second-order valence-electron chi connectivity index (χ2n) is 6.05. The Morgan fingerprint density at radius 2 is 1.67 bits per heavy atom. The Bertz CT molecular complexity index is 180. The van der Waals surface area contributed by atoms with Crippen LogP contribution in [0.1, 0.15) is 67.2 Å². The molecule has 1 N–H and O–H groups in total. The summed E-state index contributed by atoms with van der Waals surface area (Å²) in [5.74, 6) is 1.39. The Balaban J connectivity index is 4.31. The van der Waals surface area contributed by atoms with Gasteiger partial charge in [-0.3, -0.25) is 0 Å². The van der Waals surface area contributed by atoms with E-state index < -0.39 is 0 Å². The molecule has 0 radical (unpaired) electrons. The number of rotatable bonds is 11. The van der Waals surface area contributed by atoms with Gasteiger partial charge in [-0.1, -0.05) is 47.5 Å². The van der Waals surface area contributed by atoms with Crippen LogP contribution in [0.2, 0.25) is 0 Å². The summed E-state index contributed by atoms with van der Waals surface area (Å²) in [6.45, 7) is 15.4. The van der Waals surface area contributed by atoms with E-state index >= 15 is 0 Å². The number of hydrogen-bond acceptors (Lipinski definition) is 2. The predicted molar refractivity (Wildman–Crippen MR) is 81.0 cm³/mol. The molecule has 0 aromatic rings. The van der Waals surface area contributed by atoms with Crippen molar-refractivity contribution in [2.24, 2.45) is 11.8 Å². The van der Waals surface area contributed by atoms with Crippen LogP contribution in [0, 0.1) is 11.8 Å². The van der Waals surface area contributed by atoms with Crippen LogP contribution in [0.25, 0.3) is 0 Å². The van der Waals surface area contributed by atoms with Gasteiger partial charge in [0, 0.05) is 12.6 Å². The van der Waals surface area contributed by atoms with E-state index in [0.717, 1.165) is 19.1 Å². The van der Waals surface area contributed by atoms with Gasteiger partial charge in [-0.05, 0) is 38.1 Å². The van der Waals surface area contributed by atoms with Gasteiger partial charge in [0.25, 0.3) is 0 Å². The molecule has 0 spiro atoms. The van der Waals surface area contributed by atoms with Crippen molar-refractivity contribution >= 4 is 0 Å². The minimum atomic E-state index is 0.355. The second kappa shape index (κ2) is 10.8. The van der Waals surface area contributed by atoms with E-state index in [9.17, 15) is 0 Å². The molecule has 2 atom stereocenters. The number of hydrogen-bond donors (Lipinski definition) is 1. The summed E-state index contributed by atoms with van der Waals surface area (Å²) >= 11 is 0. The standard InChI is InChI=1S/C16H35NO/c1-7-12-17-15(11-9-10-13(3)4)16(14(5)6)18-8-2/h13-17H,7-12H2,1-6H3. The first-order valence-electron chi connectivity index (χ1n) is 7.87. The van der Waals surface area contributed by atoms with Crippen molar-refractivity contribution in [3.8, 4) is 0 Å². The van der Waals surface area contributed by atoms with Crippen molar-refractivity contribution in [3.05, 3.63) is 0 Å². The van der Waals surface area contributed by atoms with Crippen LogP contribution in [-0.2, 0) is 4.74 Å². The maximum absolute atomic E-state index is 5.96. The van der Waals surface area contributed by atoms with Gasteiger partial charge in [-0.15, -0.1) is 0 Å². The first-order chi connectivity index (χ1) is 8.52. The molecule has 2 nitrogen and oxygen atoms in total. The van der Waals surface area contributed by atoms with Crippen LogP contribution in [0.4, 0.5) is 0 Å². The van der Waals surface area contributed by atoms with Gasteiger partial charge in [-0.2, -0.15) is 0 Å². The van der Waals surface area contributed by atoms with E-state index in [1.54, 1.807) is 0 Å². The normalized spacial score (nSPS) is 15.3. The van der Waals surface area contributed by atoms with Gasteiger partial charge >= 0.3 is 0 Å². The van der Waals surface area contributed by atoms with Gasteiger partial charge in [0.05, 0.1) is 6.10 Å². The summed E-state index contributed by atoms with van der Waals surface area (Å²) in [6, 6.07) is 0.517. The quantitative estimate of drug-likeness (QED) is 0.598. The molecule has 110 valence electrons. The molecule has 0 saturated carbocycles. The molecule has 0 aromatic carbocycles. The number of nitrogens with one attached hydrogen (secondary N) is 1. The highest BCUT2D eigenvalue weighted by atomic mass is 16.5. The van der Waals surface area contributed by atoms with Crippen LogP contribution in [0.3, 0.4) is 0 Å². The molecule has 2 heteroatoms. The van der Waals surface area contributed by atoms with E-state index in [4.69, 9.17) is 4.74 Å². The monoisotopic (exact) mass is 257 g/mol. The van der Waals surface area contributed by atoms with Crippen molar-refractivity contribution in [3.63, 3.8) is 0 Å². The van der Waals surface area contributed by atoms with E-state index in [0.29, 0.717) is 18.1 Å². The van der Waals surface area contributed by atoms with Crippen LogP contribution in [0.15, 0.2) is 0 Å². The smallest absolute Gasteiger partial charge is 0.0750 e. The zero-order valence-electron chi connectivity index (χ0n) is 13.5. The maximum Gasteiger partial charge on any atom is 0.0750 e. The lowest BCUT2D eigenvalue weighted by Gasteiger charge is -2.31. The highest BCUT2D eigenvalue weighted by Gasteiger charge is 2.24. The van der Waals surface area contributed by atoms with Crippen LogP contribution in [-0.4, -0.2) is 25.3 Å². The zero-order valence-corrected chi connectivity index (χ0v) is 13.5. The third-order valence-electron chi connectivity index (χ3n) is 3.37. The largest absolute Gasteiger partial charge is 0.377 e. The Hall–Kier alpha value is -0.0800. The molecule has 0 saturated heterocycles. The number of ether oxygens (including phenoxy) is 1. The van der Waals surface area contributed by atoms with Gasteiger partial charge in [0.1, 0.15) is 0 Å². The lowest BCUT2D eigenvalue weighted by molar-refractivity contribution is 0.000790. The van der Waals surface area contributed by atoms with Crippen molar-refractivity contribution in [1.82, 2.24) is 5.32 Å². The van der Waals surface area contributed by atoms with Crippen LogP contribution >= 0.6 is 0 Å². The summed E-state index contributed by atoms with van der Waals surface area (Å²) in [7, 11) is 0. The Labute approximate surface area is 115 Å². The van der Waals surface area contributed by atoms with Gasteiger partial charge in [0.15, 0.2) is 0 Å². The molecule has 0 aliphatic heterocycles. The summed E-state index contributed by atoms with van der Waals surface area (Å²) in [5, 5.41) is 3.68. The van der Waals surface area contributed by atoms with E-state index in [1.165, 1.54) is 25.7 Å². The van der Waals surface area contributed by atoms with Gasteiger partial charge < -0.3 is 10.1 Å². The summed E-state index contributed by atoms with van der Waals surface area (Å²) < 4.78 is 5.96. The molecule has 0 rings (SSSR count). The Kier molecular flexibility index (Phi) is 10.8. The third kappa shape index (κ3) is 8.10. The van der Waals surface area contributed by atoms with Gasteiger partial charge in [0.2, 0.25) is 0 Å². The minimum Gasteiger partial charge on any atom is -0.377 e. The van der Waals surface area contributed by atoms with Crippen molar-refractivity contribution in [2.45, 2.75) is 79.4 Å². The average molecular weight is 257 g/mol. The summed E-state index contributed by atoms with van der Waals surface area (Å²) in [4.78, 5) is 0. The fourth-order valence-corrected chi connectivity index (χ4v) is 2.42. The van der Waals surface area contributed by atoms with E-state index in [-0.39, 0.29) is 0 Å². The molecule has 18 heavy (non-hydrogen) atoms. The lowest BCUT2D eigenvalue weighted by atomic mass is 9.93. The van der Waals surface area contributed by atoms with Crippen LogP contribution < -0.4 is 5.32 Å². The third-order valence-corrected chi connectivity index (χ3v) is 3.37. The first-order valence-corrected chi connectivity index (χ1v) is 7.87. The molecule has 0 amide bonds. The highest BCUT2D eigenvalue weighted by molar-refractivity contribution is 4.80. The Morgan fingerprint density at radius 1 is 1.00 bits per heavy atom. The van der Waals surface area contributed by atoms with E-state index in [2.05, 4.69) is 46.9 Å². The fraction of sp³-hybridized carbons (Fsp3) is 1.00. The van der Waals surface area contributed by atoms with Crippen LogP contribution in [0.5, 0.6) is 0 Å². The van der Waals surface area contributed by atoms with E-state index in [1.807, 2.05) is 0 Å². The van der Waals surface area contributed by atoms with Crippen molar-refractivity contribution < 1.29 is 4.74 Å². The molecule has 0 fully saturated rings. The molecule has 0 aromatic heterocycles. The molecule has 0 aliphatic carbocycles. The maximum atomic E-state index is 5.96. The zero-order chi connectivity index (χ0) is 14.0. The molecule has 0 aliphatic rings. The Morgan fingerprint density at radius 3 is 2.11 bits per heavy atom. The minimum absolute atomic E-state index is 0.355. The summed E-state index contributed by atoms with van der Waals surface area (Å²) in [5.41, 5.74) is 0. The molecule has 0 heterocycles. The molecule has 0 bridgehead atoms. The van der Waals surface area contributed by atoms with Gasteiger partial charge in [-0.25, -0.2) is 0 Å². The fourth-order valence-electron chi connectivity index (χ4n) is 2.42. The molecular weight excluding hydrogens is 222 g/mol.